The first-order valence-corrected chi connectivity index (χ1v) is 9.39. The Hall–Kier alpha value is -4.39. The minimum absolute atomic E-state index is 0.167. The van der Waals surface area contributed by atoms with Crippen molar-refractivity contribution in [2.24, 2.45) is 5.10 Å². The molecule has 0 aliphatic heterocycles. The van der Waals surface area contributed by atoms with Gasteiger partial charge in [0.05, 0.1) is 24.5 Å². The van der Waals surface area contributed by atoms with Crippen molar-refractivity contribution >= 4 is 28.9 Å². The van der Waals surface area contributed by atoms with Gasteiger partial charge in [0.25, 0.3) is 5.91 Å². The highest BCUT2D eigenvalue weighted by Gasteiger charge is 2.13. The molecular formula is C24H18N2O5. The molecule has 0 unspecified atom stereocenters. The number of rotatable bonds is 6. The van der Waals surface area contributed by atoms with Gasteiger partial charge in [0, 0.05) is 5.56 Å². The number of carbonyl (C=O) groups excluding carboxylic acids is 1. The van der Waals surface area contributed by atoms with Crippen molar-refractivity contribution in [3.63, 3.8) is 0 Å². The van der Waals surface area contributed by atoms with Crippen LogP contribution in [-0.2, 0) is 0 Å². The number of carboxylic acids is 1. The van der Waals surface area contributed by atoms with Crippen molar-refractivity contribution in [2.75, 3.05) is 7.11 Å². The number of amides is 1. The molecule has 1 amide bonds. The molecular weight excluding hydrogens is 396 g/mol. The molecule has 0 spiro atoms. The van der Waals surface area contributed by atoms with Gasteiger partial charge in [-0.2, -0.15) is 5.10 Å². The predicted molar refractivity (Wildman–Crippen MR) is 117 cm³/mol. The van der Waals surface area contributed by atoms with Crippen LogP contribution >= 0.6 is 0 Å². The minimum atomic E-state index is -1.01. The largest absolute Gasteiger partial charge is 0.496 e. The minimum Gasteiger partial charge on any atom is -0.496 e. The molecule has 0 radical (unpaired) electrons. The smallest absolute Gasteiger partial charge is 0.335 e. The Morgan fingerprint density at radius 1 is 1.00 bits per heavy atom. The number of carboxylic acid groups (broad SMARTS) is 1. The van der Waals surface area contributed by atoms with Crippen LogP contribution in [0.4, 0.5) is 0 Å². The van der Waals surface area contributed by atoms with E-state index >= 15 is 0 Å². The zero-order chi connectivity index (χ0) is 21.8. The van der Waals surface area contributed by atoms with E-state index in [0.717, 1.165) is 10.8 Å². The van der Waals surface area contributed by atoms with E-state index in [0.29, 0.717) is 28.4 Å². The molecule has 0 bridgehead atoms. The van der Waals surface area contributed by atoms with Crippen molar-refractivity contribution < 1.29 is 23.8 Å². The van der Waals surface area contributed by atoms with E-state index in [4.69, 9.17) is 14.3 Å². The Kier molecular flexibility index (Phi) is 5.49. The Labute approximate surface area is 177 Å². The number of hydrogen-bond donors (Lipinski definition) is 2. The summed E-state index contributed by atoms with van der Waals surface area (Å²) in [4.78, 5) is 23.7. The molecule has 0 saturated carbocycles. The van der Waals surface area contributed by atoms with Gasteiger partial charge in [0.1, 0.15) is 17.3 Å². The summed E-state index contributed by atoms with van der Waals surface area (Å²) in [6.07, 6.45) is 1.37. The zero-order valence-corrected chi connectivity index (χ0v) is 16.5. The Balaban J connectivity index is 1.49. The standard InChI is InChI=1S/C24H18N2O5/c1-30-22-13-16-6-3-2-5-15(16)12-20(22)23(27)26-25-14-19-9-10-21(31-19)17-7-4-8-18(11-17)24(28)29/h2-14H,1H3,(H,26,27)(H,28,29)/b25-14+. The molecule has 1 heterocycles. The topological polar surface area (TPSA) is 101 Å². The van der Waals surface area contributed by atoms with E-state index in [9.17, 15) is 9.59 Å². The highest BCUT2D eigenvalue weighted by molar-refractivity contribution is 6.01. The molecule has 7 nitrogen and oxygen atoms in total. The fourth-order valence-corrected chi connectivity index (χ4v) is 3.16. The fraction of sp³-hybridized carbons (Fsp3) is 0.0417. The maximum atomic E-state index is 12.6. The molecule has 31 heavy (non-hydrogen) atoms. The zero-order valence-electron chi connectivity index (χ0n) is 16.5. The Morgan fingerprint density at radius 2 is 1.77 bits per heavy atom. The normalized spacial score (nSPS) is 11.0. The number of ether oxygens (including phenoxy) is 1. The molecule has 4 rings (SSSR count). The highest BCUT2D eigenvalue weighted by atomic mass is 16.5. The maximum absolute atomic E-state index is 12.6. The van der Waals surface area contributed by atoms with Gasteiger partial charge in [-0.3, -0.25) is 4.79 Å². The van der Waals surface area contributed by atoms with Crippen LogP contribution in [0.2, 0.25) is 0 Å². The lowest BCUT2D eigenvalue weighted by molar-refractivity contribution is 0.0696. The van der Waals surface area contributed by atoms with E-state index in [-0.39, 0.29) is 5.56 Å². The molecule has 0 aliphatic rings. The van der Waals surface area contributed by atoms with Crippen molar-refractivity contribution in [1.29, 1.82) is 0 Å². The molecule has 0 saturated heterocycles. The quantitative estimate of drug-likeness (QED) is 0.355. The van der Waals surface area contributed by atoms with Crippen LogP contribution < -0.4 is 10.2 Å². The lowest BCUT2D eigenvalue weighted by Crippen LogP contribution is -2.18. The van der Waals surface area contributed by atoms with Gasteiger partial charge in [-0.1, -0.05) is 36.4 Å². The first kappa shape index (κ1) is 19.9. The second kappa shape index (κ2) is 8.54. The molecule has 2 N–H and O–H groups in total. The Bertz CT molecular complexity index is 1310. The molecule has 0 aliphatic carbocycles. The number of furan rings is 1. The van der Waals surface area contributed by atoms with Crippen LogP contribution in [0.1, 0.15) is 26.5 Å². The number of aromatic carboxylic acids is 1. The van der Waals surface area contributed by atoms with Gasteiger partial charge in [0.2, 0.25) is 0 Å². The predicted octanol–water partition coefficient (Wildman–Crippen LogP) is 4.57. The van der Waals surface area contributed by atoms with Gasteiger partial charge < -0.3 is 14.3 Å². The molecule has 3 aromatic carbocycles. The fourth-order valence-electron chi connectivity index (χ4n) is 3.16. The first-order chi connectivity index (χ1) is 15.0. The average Bonchev–Trinajstić information content (AvgIpc) is 3.27. The number of methoxy groups -OCH3 is 1. The first-order valence-electron chi connectivity index (χ1n) is 9.39. The summed E-state index contributed by atoms with van der Waals surface area (Å²) in [5.74, 6) is -0.0830. The van der Waals surface area contributed by atoms with Crippen LogP contribution in [0.3, 0.4) is 0 Å². The SMILES string of the molecule is COc1cc2ccccc2cc1C(=O)N/N=C/c1ccc(-c2cccc(C(=O)O)c2)o1. The van der Waals surface area contributed by atoms with Crippen LogP contribution in [-0.4, -0.2) is 30.3 Å². The van der Waals surface area contributed by atoms with E-state index in [1.807, 2.05) is 24.3 Å². The van der Waals surface area contributed by atoms with E-state index < -0.39 is 11.9 Å². The van der Waals surface area contributed by atoms with Gasteiger partial charge in [-0.15, -0.1) is 0 Å². The van der Waals surface area contributed by atoms with Crippen molar-refractivity contribution in [3.05, 3.63) is 89.7 Å². The lowest BCUT2D eigenvalue weighted by Gasteiger charge is -2.09. The summed E-state index contributed by atoms with van der Waals surface area (Å²) in [6, 6.07) is 21.0. The van der Waals surface area contributed by atoms with Gasteiger partial charge >= 0.3 is 5.97 Å². The summed E-state index contributed by atoms with van der Waals surface area (Å²) in [5.41, 5.74) is 3.63. The van der Waals surface area contributed by atoms with E-state index in [2.05, 4.69) is 10.5 Å². The second-order valence-electron chi connectivity index (χ2n) is 6.69. The van der Waals surface area contributed by atoms with Crippen LogP contribution in [0.5, 0.6) is 5.75 Å². The summed E-state index contributed by atoms with van der Waals surface area (Å²) < 4.78 is 11.0. The lowest BCUT2D eigenvalue weighted by atomic mass is 10.1. The van der Waals surface area contributed by atoms with Gasteiger partial charge in [-0.25, -0.2) is 10.2 Å². The molecule has 1 aromatic heterocycles. The highest BCUT2D eigenvalue weighted by Crippen LogP contribution is 2.26. The van der Waals surface area contributed by atoms with E-state index in [1.165, 1.54) is 25.5 Å². The maximum Gasteiger partial charge on any atom is 0.335 e. The molecule has 7 heteroatoms. The summed E-state index contributed by atoms with van der Waals surface area (Å²) in [6.45, 7) is 0. The number of nitrogens with one attached hydrogen (secondary N) is 1. The number of hydrazone groups is 1. The monoisotopic (exact) mass is 414 g/mol. The number of benzene rings is 3. The van der Waals surface area contributed by atoms with Crippen molar-refractivity contribution in [2.45, 2.75) is 0 Å². The summed E-state index contributed by atoms with van der Waals surface area (Å²) >= 11 is 0. The second-order valence-corrected chi connectivity index (χ2v) is 6.69. The number of hydrogen-bond acceptors (Lipinski definition) is 5. The third kappa shape index (κ3) is 4.30. The molecule has 0 fully saturated rings. The molecule has 4 aromatic rings. The van der Waals surface area contributed by atoms with E-state index in [1.54, 1.807) is 36.4 Å². The summed E-state index contributed by atoms with van der Waals surface area (Å²) in [7, 11) is 1.51. The summed E-state index contributed by atoms with van der Waals surface area (Å²) in [5, 5.41) is 15.0. The van der Waals surface area contributed by atoms with Crippen LogP contribution in [0, 0.1) is 0 Å². The van der Waals surface area contributed by atoms with Gasteiger partial charge in [0.15, 0.2) is 0 Å². The number of carbonyl (C=O) groups is 2. The molecule has 154 valence electrons. The third-order valence-electron chi connectivity index (χ3n) is 4.69. The van der Waals surface area contributed by atoms with Crippen molar-refractivity contribution in [3.8, 4) is 17.1 Å². The van der Waals surface area contributed by atoms with Gasteiger partial charge in [-0.05, 0) is 47.2 Å². The third-order valence-corrected chi connectivity index (χ3v) is 4.69. The average molecular weight is 414 g/mol. The Morgan fingerprint density at radius 3 is 2.52 bits per heavy atom. The molecule has 0 atom stereocenters. The number of nitrogens with zero attached hydrogens (tertiary/aromatic N) is 1. The van der Waals surface area contributed by atoms with Crippen LogP contribution in [0.15, 0.2) is 82.3 Å². The van der Waals surface area contributed by atoms with Crippen molar-refractivity contribution in [1.82, 2.24) is 5.43 Å². The number of fused-ring (bicyclic) bond motifs is 1. The van der Waals surface area contributed by atoms with Crippen LogP contribution in [0.25, 0.3) is 22.1 Å².